The molecule has 1 aromatic rings. The van der Waals surface area contributed by atoms with Crippen molar-refractivity contribution in [3.05, 3.63) is 35.9 Å². The van der Waals surface area contributed by atoms with Crippen molar-refractivity contribution in [2.75, 3.05) is 20.1 Å². The lowest BCUT2D eigenvalue weighted by molar-refractivity contribution is -0.142. The zero-order valence-electron chi connectivity index (χ0n) is 25.8. The molecule has 5 N–H and O–H groups in total. The average molecular weight is 637 g/mol. The summed E-state index contributed by atoms with van der Waals surface area (Å²) in [7, 11) is -1.56. The fourth-order valence-corrected chi connectivity index (χ4v) is 4.81. The highest BCUT2D eigenvalue weighted by Crippen LogP contribution is 2.15. The van der Waals surface area contributed by atoms with Crippen LogP contribution in [0.5, 0.6) is 0 Å². The Morgan fingerprint density at radius 3 is 2.14 bits per heavy atom. The maximum absolute atomic E-state index is 13.7. The molecule has 4 amide bonds. The first-order valence-corrected chi connectivity index (χ1v) is 15.4. The van der Waals surface area contributed by atoms with Crippen LogP contribution >= 0.6 is 0 Å². The Hall–Kier alpha value is -3.98. The number of hydrogen-bond donors (Lipinski definition) is 5. The van der Waals surface area contributed by atoms with E-state index in [1.54, 1.807) is 14.0 Å². The number of hydrogen-bond acceptors (Lipinski definition) is 10. The van der Waals surface area contributed by atoms with E-state index in [0.29, 0.717) is 25.0 Å². The van der Waals surface area contributed by atoms with Crippen molar-refractivity contribution in [3.8, 4) is 0 Å². The van der Waals surface area contributed by atoms with Gasteiger partial charge in [-0.25, -0.2) is 0 Å². The van der Waals surface area contributed by atoms with Crippen molar-refractivity contribution >= 4 is 45.7 Å². The van der Waals surface area contributed by atoms with Crippen molar-refractivity contribution in [1.82, 2.24) is 26.2 Å². The van der Waals surface area contributed by atoms with Gasteiger partial charge in [-0.1, -0.05) is 50.6 Å². The third-order valence-electron chi connectivity index (χ3n) is 6.95. The molecule has 15 heteroatoms. The highest BCUT2D eigenvalue weighted by Gasteiger charge is 2.35. The topological polar surface area (TPSA) is 212 Å². The molecular weight excluding hydrogens is 592 g/mol. The van der Waals surface area contributed by atoms with Crippen molar-refractivity contribution in [1.29, 1.82) is 5.41 Å². The number of benzene rings is 1. The molecule has 244 valence electrons. The first kappa shape index (κ1) is 38.0. The second kappa shape index (κ2) is 19.3. The normalized spacial score (nSPS) is 22.3. The number of ketones is 1. The van der Waals surface area contributed by atoms with Gasteiger partial charge < -0.3 is 26.3 Å². The molecular formula is C29H44N6O8S. The number of amides is 4. The van der Waals surface area contributed by atoms with Crippen molar-refractivity contribution in [2.45, 2.75) is 84.0 Å². The Labute approximate surface area is 259 Å². The van der Waals surface area contributed by atoms with E-state index in [9.17, 15) is 24.0 Å². The van der Waals surface area contributed by atoms with E-state index >= 15 is 0 Å². The van der Waals surface area contributed by atoms with Gasteiger partial charge in [0.15, 0.2) is 5.78 Å². The Morgan fingerprint density at radius 1 is 0.955 bits per heavy atom. The lowest BCUT2D eigenvalue weighted by Gasteiger charge is -2.34. The second-order valence-corrected chi connectivity index (χ2v) is 11.4. The van der Waals surface area contributed by atoms with Gasteiger partial charge >= 0.3 is 10.6 Å². The highest BCUT2D eigenvalue weighted by atomic mass is 32.2. The van der Waals surface area contributed by atoms with E-state index < -0.39 is 58.4 Å². The van der Waals surface area contributed by atoms with Gasteiger partial charge in [0.25, 0.3) is 0 Å². The predicted octanol–water partition coefficient (Wildman–Crippen LogP) is -0.0453. The number of Topliss-reactive ketones (excluding diaryl/α,β-unsaturated/α-hetero) is 1. The van der Waals surface area contributed by atoms with E-state index in [0.717, 1.165) is 12.0 Å². The van der Waals surface area contributed by atoms with Crippen LogP contribution < -0.4 is 21.3 Å². The molecule has 0 radical (unpaired) electrons. The minimum Gasteiger partial charge on any atom is -0.346 e. The second-order valence-electron chi connectivity index (χ2n) is 11.0. The van der Waals surface area contributed by atoms with E-state index in [1.807, 2.05) is 44.2 Å². The first-order chi connectivity index (χ1) is 20.6. The van der Waals surface area contributed by atoms with Crippen LogP contribution in [0, 0.1) is 11.3 Å². The summed E-state index contributed by atoms with van der Waals surface area (Å²) in [5, 5.41) is 18.5. The summed E-state index contributed by atoms with van der Waals surface area (Å²) in [6.45, 7) is 6.42. The van der Waals surface area contributed by atoms with Gasteiger partial charge in [0.2, 0.25) is 23.6 Å². The summed E-state index contributed by atoms with van der Waals surface area (Å²) >= 11 is 0. The fourth-order valence-electron chi connectivity index (χ4n) is 4.81. The van der Waals surface area contributed by atoms with Crippen LogP contribution in [0.15, 0.2) is 30.3 Å². The number of nitrogens with zero attached hydrogens (tertiary/aromatic N) is 1. The van der Waals surface area contributed by atoms with Crippen LogP contribution in [0.1, 0.15) is 58.9 Å². The number of likely N-dealkylation sites (N-methyl/N-ethyl adjacent to an activating group) is 1. The highest BCUT2D eigenvalue weighted by molar-refractivity contribution is 7.59. The van der Waals surface area contributed by atoms with Crippen LogP contribution in [0.3, 0.4) is 0 Å². The number of nitrogens with one attached hydrogen (secondary N) is 5. The number of rotatable bonds is 8. The van der Waals surface area contributed by atoms with Gasteiger partial charge in [-0.05, 0) is 44.6 Å². The predicted molar refractivity (Wildman–Crippen MR) is 162 cm³/mol. The van der Waals surface area contributed by atoms with E-state index in [1.165, 1.54) is 11.8 Å². The molecule has 1 fully saturated rings. The summed E-state index contributed by atoms with van der Waals surface area (Å²) < 4.78 is 25.3. The Balaban J connectivity index is 0.00000227. The molecule has 4 atom stereocenters. The number of carbonyl (C=O) groups is 5. The van der Waals surface area contributed by atoms with Gasteiger partial charge in [0.1, 0.15) is 12.1 Å². The van der Waals surface area contributed by atoms with E-state index in [-0.39, 0.29) is 31.2 Å². The van der Waals surface area contributed by atoms with Gasteiger partial charge in [-0.3, -0.25) is 29.3 Å². The summed E-state index contributed by atoms with van der Waals surface area (Å²) in [5.74, 6) is -2.46. The van der Waals surface area contributed by atoms with E-state index in [4.69, 9.17) is 18.0 Å². The van der Waals surface area contributed by atoms with E-state index in [2.05, 4.69) is 21.3 Å². The van der Waals surface area contributed by atoms with Crippen molar-refractivity contribution < 1.29 is 36.6 Å². The smallest absolute Gasteiger partial charge is 0.346 e. The Morgan fingerprint density at radius 2 is 1.57 bits per heavy atom. The molecule has 1 aromatic carbocycles. The molecule has 0 bridgehead atoms. The molecule has 44 heavy (non-hydrogen) atoms. The fraction of sp³-hybridized carbons (Fsp3) is 0.586. The molecule has 0 spiro atoms. The zero-order chi connectivity index (χ0) is 33.4. The van der Waals surface area contributed by atoms with Gasteiger partial charge in [0.05, 0.1) is 25.2 Å². The molecule has 1 saturated heterocycles. The molecule has 2 rings (SSSR count). The third kappa shape index (κ3) is 14.0. The molecule has 4 unspecified atom stereocenters. The van der Waals surface area contributed by atoms with Crippen LogP contribution in [-0.4, -0.2) is 97.0 Å². The van der Waals surface area contributed by atoms with Gasteiger partial charge in [0, 0.05) is 19.2 Å². The van der Waals surface area contributed by atoms with Crippen molar-refractivity contribution in [2.24, 2.45) is 5.92 Å². The maximum atomic E-state index is 13.7. The average Bonchev–Trinajstić information content (AvgIpc) is 2.94. The quantitative estimate of drug-likeness (QED) is 0.191. The summed E-state index contributed by atoms with van der Waals surface area (Å²) in [4.78, 5) is 67.0. The van der Waals surface area contributed by atoms with Crippen LogP contribution in [0.4, 0.5) is 0 Å². The molecule has 1 aliphatic heterocycles. The lowest BCUT2D eigenvalue weighted by atomic mass is 9.96. The summed E-state index contributed by atoms with van der Waals surface area (Å²) in [6, 6.07) is 5.79. The molecule has 1 heterocycles. The van der Waals surface area contributed by atoms with Gasteiger partial charge in [-0.2, -0.15) is 0 Å². The summed E-state index contributed by atoms with van der Waals surface area (Å²) in [5.41, 5.74) is 1.39. The molecule has 14 nitrogen and oxygen atoms in total. The summed E-state index contributed by atoms with van der Waals surface area (Å²) in [6.07, 6.45) is 2.60. The van der Waals surface area contributed by atoms with Crippen LogP contribution in [0.2, 0.25) is 0 Å². The monoisotopic (exact) mass is 636 g/mol. The standard InChI is InChI=1S/C29H44N6O5.O3S/c1-18(2)26-24(36)16-31-22(14-10-9-11-19(3)30)28(39)32-17-25(37)33-20(4)27(38)34-23(29(40)35(26)5)15-21-12-7-6-8-13-21;1-4(2)3/h6-8,12-13,18,20,22-23,26,30-31H,9-11,14-17H2,1-5H3,(H,32,39)(H,33,37)(H,34,38);. The zero-order valence-corrected chi connectivity index (χ0v) is 26.7. The van der Waals surface area contributed by atoms with Crippen molar-refractivity contribution in [3.63, 3.8) is 0 Å². The largest absolute Gasteiger partial charge is 0.425 e. The third-order valence-corrected chi connectivity index (χ3v) is 6.95. The van der Waals surface area contributed by atoms with Crippen LogP contribution in [0.25, 0.3) is 0 Å². The molecule has 0 aliphatic carbocycles. The minimum absolute atomic E-state index is 0.152. The lowest BCUT2D eigenvalue weighted by Crippen LogP contribution is -2.59. The number of unbranched alkanes of at least 4 members (excludes halogenated alkanes) is 1. The molecule has 0 saturated carbocycles. The SMILES string of the molecule is CC(=N)CCCCC1NCC(=O)C(C(C)C)N(C)C(=O)C(Cc2ccccc2)NC(=O)C(C)NC(=O)CNC1=O.O=S(=O)=O. The Kier molecular flexibility index (Phi) is 16.7. The maximum Gasteiger partial charge on any atom is 0.425 e. The first-order valence-electron chi connectivity index (χ1n) is 14.4. The minimum atomic E-state index is -3.11. The number of carbonyl (C=O) groups excluding carboxylic acids is 5. The molecule has 0 aromatic heterocycles. The van der Waals surface area contributed by atoms with Gasteiger partial charge in [-0.15, -0.1) is 12.6 Å². The Bertz CT molecular complexity index is 1270. The molecule has 1 aliphatic rings. The van der Waals surface area contributed by atoms with Crippen LogP contribution in [-0.2, 0) is 41.0 Å².